The third kappa shape index (κ3) is 2.88. The number of amides is 1. The molecule has 110 valence electrons. The fraction of sp³-hybridized carbons (Fsp3) is 0.0769. The maximum absolute atomic E-state index is 13.4. The van der Waals surface area contributed by atoms with Gasteiger partial charge in [0.15, 0.2) is 23.2 Å². The van der Waals surface area contributed by atoms with Crippen LogP contribution in [0.2, 0.25) is 0 Å². The summed E-state index contributed by atoms with van der Waals surface area (Å²) in [5.41, 5.74) is -1.30. The number of halogens is 3. The van der Waals surface area contributed by atoms with Crippen molar-refractivity contribution in [3.63, 3.8) is 0 Å². The van der Waals surface area contributed by atoms with Gasteiger partial charge in [0, 0.05) is 12.3 Å². The van der Waals surface area contributed by atoms with Crippen LogP contribution in [0.25, 0.3) is 0 Å². The largest absolute Gasteiger partial charge is 0.491 e. The highest BCUT2D eigenvalue weighted by Gasteiger charge is 2.16. The van der Waals surface area contributed by atoms with E-state index in [1.165, 1.54) is 7.11 Å². The van der Waals surface area contributed by atoms with Crippen molar-refractivity contribution in [3.8, 4) is 5.75 Å². The Kier molecular flexibility index (Phi) is 3.97. The molecule has 0 fully saturated rings. The molecule has 0 aliphatic carbocycles. The average molecular weight is 298 g/mol. The third-order valence-corrected chi connectivity index (χ3v) is 2.62. The molecular weight excluding hydrogens is 289 g/mol. The SMILES string of the molecule is COc1c[nH]c(C(=O)Nc2ccc(F)c(F)c2F)cc1=O. The maximum Gasteiger partial charge on any atom is 0.272 e. The van der Waals surface area contributed by atoms with Crippen molar-refractivity contribution in [1.82, 2.24) is 4.98 Å². The van der Waals surface area contributed by atoms with E-state index in [9.17, 15) is 22.8 Å². The van der Waals surface area contributed by atoms with Crippen LogP contribution in [0.4, 0.5) is 18.9 Å². The van der Waals surface area contributed by atoms with Crippen molar-refractivity contribution in [2.24, 2.45) is 0 Å². The molecule has 2 rings (SSSR count). The maximum atomic E-state index is 13.4. The smallest absolute Gasteiger partial charge is 0.272 e. The summed E-state index contributed by atoms with van der Waals surface area (Å²) in [6, 6.07) is 2.48. The minimum Gasteiger partial charge on any atom is -0.491 e. The summed E-state index contributed by atoms with van der Waals surface area (Å²) in [4.78, 5) is 25.8. The molecule has 0 spiro atoms. The first-order valence-electron chi connectivity index (χ1n) is 5.65. The van der Waals surface area contributed by atoms with Crippen molar-refractivity contribution >= 4 is 11.6 Å². The number of methoxy groups -OCH3 is 1. The van der Waals surface area contributed by atoms with Gasteiger partial charge in [0.1, 0.15) is 5.69 Å². The first-order chi connectivity index (χ1) is 9.93. The summed E-state index contributed by atoms with van der Waals surface area (Å²) < 4.78 is 43.9. The first kappa shape index (κ1) is 14.6. The zero-order chi connectivity index (χ0) is 15.6. The van der Waals surface area contributed by atoms with Gasteiger partial charge in [-0.15, -0.1) is 0 Å². The van der Waals surface area contributed by atoms with Gasteiger partial charge < -0.3 is 15.0 Å². The summed E-state index contributed by atoms with van der Waals surface area (Å²) in [6.07, 6.45) is 1.15. The number of aromatic nitrogens is 1. The minimum absolute atomic E-state index is 0.00874. The second-order valence-electron chi connectivity index (χ2n) is 3.96. The summed E-state index contributed by atoms with van der Waals surface area (Å²) in [5.74, 6) is -5.50. The van der Waals surface area contributed by atoms with E-state index in [-0.39, 0.29) is 11.4 Å². The molecule has 0 atom stereocenters. The molecule has 2 N–H and O–H groups in total. The number of hydrogen-bond donors (Lipinski definition) is 2. The Labute approximate surface area is 116 Å². The van der Waals surface area contributed by atoms with Gasteiger partial charge in [-0.1, -0.05) is 0 Å². The molecule has 0 saturated heterocycles. The van der Waals surface area contributed by atoms with Crippen molar-refractivity contribution in [1.29, 1.82) is 0 Å². The van der Waals surface area contributed by atoms with Gasteiger partial charge in [-0.05, 0) is 12.1 Å². The van der Waals surface area contributed by atoms with E-state index in [4.69, 9.17) is 4.74 Å². The number of nitrogens with one attached hydrogen (secondary N) is 2. The molecule has 0 radical (unpaired) electrons. The van der Waals surface area contributed by atoms with Crippen LogP contribution in [0.5, 0.6) is 5.75 Å². The monoisotopic (exact) mass is 298 g/mol. The molecular formula is C13H9F3N2O3. The molecule has 0 saturated carbocycles. The Morgan fingerprint density at radius 1 is 1.24 bits per heavy atom. The first-order valence-corrected chi connectivity index (χ1v) is 5.65. The van der Waals surface area contributed by atoms with E-state index in [1.807, 2.05) is 5.32 Å². The van der Waals surface area contributed by atoms with Crippen LogP contribution in [0, 0.1) is 17.5 Å². The average Bonchev–Trinajstić information content (AvgIpc) is 2.47. The normalized spacial score (nSPS) is 10.3. The van der Waals surface area contributed by atoms with Gasteiger partial charge in [0.2, 0.25) is 5.43 Å². The Morgan fingerprint density at radius 3 is 2.57 bits per heavy atom. The van der Waals surface area contributed by atoms with Gasteiger partial charge in [-0.2, -0.15) is 0 Å². The number of hydrogen-bond acceptors (Lipinski definition) is 3. The number of aromatic amines is 1. The van der Waals surface area contributed by atoms with Crippen LogP contribution >= 0.6 is 0 Å². The number of ether oxygens (including phenoxy) is 1. The predicted octanol–water partition coefficient (Wildman–Crippen LogP) is 2.05. The van der Waals surface area contributed by atoms with E-state index < -0.39 is 34.5 Å². The van der Waals surface area contributed by atoms with Crippen LogP contribution in [0.1, 0.15) is 10.5 Å². The Morgan fingerprint density at radius 2 is 1.95 bits per heavy atom. The van der Waals surface area contributed by atoms with Crippen molar-refractivity contribution in [2.45, 2.75) is 0 Å². The van der Waals surface area contributed by atoms with Gasteiger partial charge in [-0.3, -0.25) is 9.59 Å². The summed E-state index contributed by atoms with van der Waals surface area (Å²) in [6.45, 7) is 0. The van der Waals surface area contributed by atoms with Crippen LogP contribution in [0.15, 0.2) is 29.2 Å². The molecule has 0 bridgehead atoms. The number of benzene rings is 1. The van der Waals surface area contributed by atoms with Crippen LogP contribution in [-0.2, 0) is 0 Å². The zero-order valence-corrected chi connectivity index (χ0v) is 10.7. The lowest BCUT2D eigenvalue weighted by Gasteiger charge is -2.07. The van der Waals surface area contributed by atoms with Gasteiger partial charge in [0.25, 0.3) is 5.91 Å². The van der Waals surface area contributed by atoms with Crippen molar-refractivity contribution < 1.29 is 22.7 Å². The molecule has 1 aromatic carbocycles. The number of carbonyl (C=O) groups excluding carboxylic acids is 1. The zero-order valence-electron chi connectivity index (χ0n) is 10.7. The fourth-order valence-corrected chi connectivity index (χ4v) is 1.56. The topological polar surface area (TPSA) is 71.2 Å². The molecule has 5 nitrogen and oxygen atoms in total. The third-order valence-electron chi connectivity index (χ3n) is 2.62. The molecule has 21 heavy (non-hydrogen) atoms. The molecule has 1 aromatic heterocycles. The van der Waals surface area contributed by atoms with Gasteiger partial charge >= 0.3 is 0 Å². The molecule has 2 aromatic rings. The lowest BCUT2D eigenvalue weighted by molar-refractivity contribution is 0.102. The number of rotatable bonds is 3. The summed E-state index contributed by atoms with van der Waals surface area (Å²) in [7, 11) is 1.28. The van der Waals surface area contributed by atoms with Crippen LogP contribution < -0.4 is 15.5 Å². The number of pyridine rings is 1. The Balaban J connectivity index is 2.28. The van der Waals surface area contributed by atoms with Crippen LogP contribution in [0.3, 0.4) is 0 Å². The predicted molar refractivity (Wildman–Crippen MR) is 67.9 cm³/mol. The highest BCUT2D eigenvalue weighted by Crippen LogP contribution is 2.20. The molecule has 1 heterocycles. The lowest BCUT2D eigenvalue weighted by atomic mass is 10.2. The molecule has 0 aliphatic heterocycles. The minimum atomic E-state index is -1.70. The molecule has 0 aliphatic rings. The van der Waals surface area contributed by atoms with E-state index >= 15 is 0 Å². The number of carbonyl (C=O) groups is 1. The Bertz CT molecular complexity index is 759. The second kappa shape index (κ2) is 5.70. The van der Waals surface area contributed by atoms with E-state index in [1.54, 1.807) is 0 Å². The second-order valence-corrected chi connectivity index (χ2v) is 3.96. The number of anilines is 1. The number of H-pyrrole nitrogens is 1. The standard InChI is InChI=1S/C13H9F3N2O3/c1-21-10-5-17-8(4-9(10)19)13(20)18-7-3-2-6(14)11(15)12(7)16/h2-5H,1H3,(H,17,19)(H,18,20). The van der Waals surface area contributed by atoms with Gasteiger partial charge in [-0.25, -0.2) is 13.2 Å². The van der Waals surface area contributed by atoms with E-state index in [2.05, 4.69) is 4.98 Å². The van der Waals surface area contributed by atoms with Crippen molar-refractivity contribution in [2.75, 3.05) is 12.4 Å². The van der Waals surface area contributed by atoms with E-state index in [0.717, 1.165) is 18.3 Å². The van der Waals surface area contributed by atoms with Crippen molar-refractivity contribution in [3.05, 3.63) is 57.8 Å². The quantitative estimate of drug-likeness (QED) is 0.852. The van der Waals surface area contributed by atoms with Gasteiger partial charge in [0.05, 0.1) is 12.8 Å². The highest BCUT2D eigenvalue weighted by molar-refractivity contribution is 6.02. The van der Waals surface area contributed by atoms with Crippen LogP contribution in [-0.4, -0.2) is 18.0 Å². The Hall–Kier alpha value is -2.77. The van der Waals surface area contributed by atoms with E-state index in [0.29, 0.717) is 6.07 Å². The summed E-state index contributed by atoms with van der Waals surface area (Å²) >= 11 is 0. The fourth-order valence-electron chi connectivity index (χ4n) is 1.56. The molecule has 0 unspecified atom stereocenters. The lowest BCUT2D eigenvalue weighted by Crippen LogP contribution is -2.18. The molecule has 1 amide bonds. The molecule has 8 heteroatoms. The highest BCUT2D eigenvalue weighted by atomic mass is 19.2. The summed E-state index contributed by atoms with van der Waals surface area (Å²) in [5, 5.41) is 2.03.